The first kappa shape index (κ1) is 28.8. The number of aromatic nitrogens is 4. The van der Waals surface area contributed by atoms with Crippen LogP contribution in [-0.2, 0) is 28.7 Å². The van der Waals surface area contributed by atoms with Crippen LogP contribution in [0.1, 0.15) is 35.7 Å². The number of rotatable bonds is 11. The van der Waals surface area contributed by atoms with Gasteiger partial charge in [-0.15, -0.1) is 5.10 Å². The van der Waals surface area contributed by atoms with Crippen molar-refractivity contribution in [2.75, 3.05) is 64.5 Å². The molecule has 4 atom stereocenters. The van der Waals surface area contributed by atoms with Crippen LogP contribution in [0, 0.1) is 0 Å². The highest BCUT2D eigenvalue weighted by atomic mass is 16.5. The Morgan fingerprint density at radius 3 is 2.90 bits per heavy atom. The Morgan fingerprint density at radius 2 is 2.05 bits per heavy atom. The van der Waals surface area contributed by atoms with Gasteiger partial charge in [0.1, 0.15) is 35.9 Å². The summed E-state index contributed by atoms with van der Waals surface area (Å²) in [4.78, 5) is 2.34. The Bertz CT molecular complexity index is 1340. The van der Waals surface area contributed by atoms with Crippen LogP contribution in [0.2, 0.25) is 0 Å². The predicted octanol–water partition coefficient (Wildman–Crippen LogP) is 1.35. The van der Waals surface area contributed by atoms with Crippen molar-refractivity contribution in [2.45, 2.75) is 43.2 Å². The minimum absolute atomic E-state index is 0.00480. The van der Waals surface area contributed by atoms with E-state index in [4.69, 9.17) is 18.9 Å². The van der Waals surface area contributed by atoms with Crippen molar-refractivity contribution in [3.8, 4) is 11.5 Å². The number of ether oxygens (including phenoxy) is 4. The van der Waals surface area contributed by atoms with Crippen molar-refractivity contribution in [3.63, 3.8) is 0 Å². The molecule has 3 aliphatic heterocycles. The van der Waals surface area contributed by atoms with Crippen LogP contribution in [0.4, 0.5) is 5.69 Å². The highest BCUT2D eigenvalue weighted by Gasteiger charge is 2.44. The maximum atomic E-state index is 12.2. The molecule has 12 heteroatoms. The van der Waals surface area contributed by atoms with Crippen LogP contribution in [-0.4, -0.2) is 97.1 Å². The van der Waals surface area contributed by atoms with E-state index < -0.39 is 11.7 Å². The maximum absolute atomic E-state index is 12.2. The minimum Gasteiger partial charge on any atom is -0.490 e. The third-order valence-corrected chi connectivity index (χ3v) is 8.53. The van der Waals surface area contributed by atoms with Gasteiger partial charge in [0.25, 0.3) is 0 Å². The summed E-state index contributed by atoms with van der Waals surface area (Å²) in [7, 11) is 3.57. The second-order valence-corrected chi connectivity index (χ2v) is 11.2. The summed E-state index contributed by atoms with van der Waals surface area (Å²) in [6.07, 6.45) is 0.807. The third kappa shape index (κ3) is 5.95. The quantitative estimate of drug-likeness (QED) is 0.285. The monoisotopic (exact) mass is 579 g/mol. The first-order valence-corrected chi connectivity index (χ1v) is 14.8. The average molecular weight is 580 g/mol. The molecule has 2 aromatic carbocycles. The molecule has 226 valence electrons. The number of aryl methyl sites for hydroxylation is 1. The summed E-state index contributed by atoms with van der Waals surface area (Å²) in [5.74, 6) is 2.31. The summed E-state index contributed by atoms with van der Waals surface area (Å²) in [5, 5.41) is 31.1. The molecule has 6 rings (SSSR count). The van der Waals surface area contributed by atoms with Crippen molar-refractivity contribution < 1.29 is 24.1 Å². The summed E-state index contributed by atoms with van der Waals surface area (Å²) in [6, 6.07) is 14.0. The molecule has 0 radical (unpaired) electrons. The van der Waals surface area contributed by atoms with Gasteiger partial charge in [0.05, 0.1) is 24.8 Å². The van der Waals surface area contributed by atoms with Crippen molar-refractivity contribution in [1.29, 1.82) is 0 Å². The highest BCUT2D eigenvalue weighted by Crippen LogP contribution is 2.40. The Labute approximate surface area is 246 Å². The Kier molecular flexibility index (Phi) is 8.86. The lowest BCUT2D eigenvalue weighted by molar-refractivity contribution is -0.135. The molecule has 4 heterocycles. The van der Waals surface area contributed by atoms with E-state index in [1.807, 2.05) is 43.4 Å². The van der Waals surface area contributed by atoms with E-state index >= 15 is 0 Å². The number of nitrogens with zero attached hydrogens (tertiary/aromatic N) is 5. The molecule has 0 saturated carbocycles. The molecule has 3 aromatic rings. The number of tetrazole rings is 1. The van der Waals surface area contributed by atoms with Gasteiger partial charge in [-0.2, -0.15) is 0 Å². The molecule has 3 aliphatic rings. The zero-order valence-corrected chi connectivity index (χ0v) is 24.4. The number of nitrogens with one attached hydrogen (secondary N) is 2. The van der Waals surface area contributed by atoms with Gasteiger partial charge in [0.15, 0.2) is 5.82 Å². The van der Waals surface area contributed by atoms with Crippen molar-refractivity contribution in [2.24, 2.45) is 7.05 Å². The third-order valence-electron chi connectivity index (χ3n) is 8.53. The van der Waals surface area contributed by atoms with Crippen LogP contribution in [0.3, 0.4) is 0 Å². The van der Waals surface area contributed by atoms with E-state index in [0.29, 0.717) is 45.0 Å². The van der Waals surface area contributed by atoms with E-state index in [-0.39, 0.29) is 12.0 Å². The number of anilines is 1. The number of piperidine rings is 1. The molecule has 0 bridgehead atoms. The maximum Gasteiger partial charge on any atom is 0.159 e. The number of fused-ring (bicyclic) bond motifs is 1. The van der Waals surface area contributed by atoms with Gasteiger partial charge in [0, 0.05) is 52.5 Å². The zero-order chi connectivity index (χ0) is 28.9. The van der Waals surface area contributed by atoms with E-state index in [1.54, 1.807) is 11.8 Å². The van der Waals surface area contributed by atoms with E-state index in [2.05, 4.69) is 37.1 Å². The molecular weight excluding hydrogens is 538 g/mol. The van der Waals surface area contributed by atoms with Gasteiger partial charge in [0.2, 0.25) is 0 Å². The van der Waals surface area contributed by atoms with Gasteiger partial charge in [-0.3, -0.25) is 0 Å². The lowest BCUT2D eigenvalue weighted by Gasteiger charge is -2.41. The molecule has 1 aromatic heterocycles. The molecular formula is C30H41N7O5. The highest BCUT2D eigenvalue weighted by molar-refractivity contribution is 5.61. The van der Waals surface area contributed by atoms with Gasteiger partial charge in [-0.1, -0.05) is 24.3 Å². The number of para-hydroxylation sites is 1. The smallest absolute Gasteiger partial charge is 0.159 e. The lowest BCUT2D eigenvalue weighted by atomic mass is 9.82. The average Bonchev–Trinajstić information content (AvgIpc) is 3.65. The van der Waals surface area contributed by atoms with Crippen molar-refractivity contribution in [1.82, 2.24) is 30.8 Å². The second kappa shape index (κ2) is 12.9. The van der Waals surface area contributed by atoms with Crippen LogP contribution in [0.25, 0.3) is 0 Å². The number of hydrogen-bond donors (Lipinski definition) is 3. The van der Waals surface area contributed by atoms with Crippen LogP contribution >= 0.6 is 0 Å². The molecule has 0 amide bonds. The molecule has 1 unspecified atom stereocenters. The van der Waals surface area contributed by atoms with Crippen molar-refractivity contribution in [3.05, 3.63) is 59.4 Å². The topological polar surface area (TPSA) is 128 Å². The molecule has 0 spiro atoms. The number of hydrogen-bond acceptors (Lipinski definition) is 11. The largest absolute Gasteiger partial charge is 0.490 e. The number of aliphatic hydroxyl groups is 1. The zero-order valence-electron chi connectivity index (χ0n) is 24.4. The van der Waals surface area contributed by atoms with E-state index in [9.17, 15) is 5.11 Å². The fraction of sp³-hybridized carbons (Fsp3) is 0.567. The first-order valence-electron chi connectivity index (χ1n) is 14.8. The Hall–Kier alpha value is -3.29. The Balaban J connectivity index is 1.19. The lowest BCUT2D eigenvalue weighted by Crippen LogP contribution is -2.53. The normalized spacial score (nSPS) is 25.7. The molecule has 3 N–H and O–H groups in total. The SMILES string of the molecule is COCCCN1CCOc2ccc(CO[C@H]3CNCC[C@]3(O)c3ccccc3O[C@H]3CNCC3c3nnnn3C)cc21. The standard InChI is InChI=1S/C30H41N7O5/c1-36-29(33-34-35-36)22-17-32-18-27(22)42-25-7-4-3-6-23(25)30(38)10-11-31-19-28(30)41-20-21-8-9-26-24(16-21)37(13-15-40-26)12-5-14-39-2/h3-4,6-9,16,22,27-28,31-32,38H,5,10-15,17-20H2,1-2H3/t22?,27-,28-,30-/m0/s1. The summed E-state index contributed by atoms with van der Waals surface area (Å²) >= 11 is 0. The van der Waals surface area contributed by atoms with Gasteiger partial charge >= 0.3 is 0 Å². The predicted molar refractivity (Wildman–Crippen MR) is 156 cm³/mol. The molecule has 0 aliphatic carbocycles. The molecule has 2 saturated heterocycles. The minimum atomic E-state index is -1.22. The summed E-state index contributed by atoms with van der Waals surface area (Å²) in [5.41, 5.74) is 1.62. The van der Waals surface area contributed by atoms with E-state index in [1.165, 1.54) is 0 Å². The first-order chi connectivity index (χ1) is 20.6. The van der Waals surface area contributed by atoms with Gasteiger partial charge in [-0.25, -0.2) is 4.68 Å². The van der Waals surface area contributed by atoms with Gasteiger partial charge < -0.3 is 39.6 Å². The molecule has 42 heavy (non-hydrogen) atoms. The van der Waals surface area contributed by atoms with Crippen molar-refractivity contribution >= 4 is 5.69 Å². The molecule has 2 fully saturated rings. The fourth-order valence-corrected chi connectivity index (χ4v) is 6.26. The fourth-order valence-electron chi connectivity index (χ4n) is 6.26. The number of benzene rings is 2. The Morgan fingerprint density at radius 1 is 1.14 bits per heavy atom. The second-order valence-electron chi connectivity index (χ2n) is 11.2. The van der Waals surface area contributed by atoms with Crippen LogP contribution in [0.5, 0.6) is 11.5 Å². The van der Waals surface area contributed by atoms with E-state index in [0.717, 1.165) is 61.1 Å². The summed E-state index contributed by atoms with van der Waals surface area (Å²) in [6.45, 7) is 6.10. The summed E-state index contributed by atoms with van der Waals surface area (Å²) < 4.78 is 26.0. The molecule has 12 nitrogen and oxygen atoms in total. The van der Waals surface area contributed by atoms with Crippen LogP contribution in [0.15, 0.2) is 42.5 Å². The van der Waals surface area contributed by atoms with Gasteiger partial charge in [-0.05, 0) is 53.6 Å². The number of methoxy groups -OCH3 is 1. The van der Waals surface area contributed by atoms with Crippen LogP contribution < -0.4 is 25.0 Å².